The molecule has 0 aromatic heterocycles. The van der Waals surface area contributed by atoms with Crippen LogP contribution in [0.15, 0.2) is 40.9 Å². The summed E-state index contributed by atoms with van der Waals surface area (Å²) in [5.74, 6) is -0.415. The zero-order valence-electron chi connectivity index (χ0n) is 10.5. The molecule has 2 aromatic rings. The third kappa shape index (κ3) is 3.87. The number of nitrogen functional groups attached to an aromatic ring is 1. The normalized spacial score (nSPS) is 11.5. The number of benzene rings is 2. The fourth-order valence-electron chi connectivity index (χ4n) is 1.73. The smallest absolute Gasteiger partial charge is 0.416 e. The van der Waals surface area contributed by atoms with E-state index in [-0.39, 0.29) is 23.6 Å². The second-order valence-corrected chi connectivity index (χ2v) is 5.13. The maximum Gasteiger partial charge on any atom is 0.416 e. The van der Waals surface area contributed by atoms with Gasteiger partial charge in [-0.25, -0.2) is 4.39 Å². The van der Waals surface area contributed by atoms with Crippen molar-refractivity contribution in [1.29, 1.82) is 0 Å². The molecule has 21 heavy (non-hydrogen) atoms. The Labute approximate surface area is 126 Å². The van der Waals surface area contributed by atoms with Crippen molar-refractivity contribution >= 4 is 21.6 Å². The third-order valence-electron chi connectivity index (χ3n) is 2.72. The van der Waals surface area contributed by atoms with Crippen LogP contribution >= 0.6 is 15.9 Å². The van der Waals surface area contributed by atoms with Crippen molar-refractivity contribution in [3.63, 3.8) is 0 Å². The van der Waals surface area contributed by atoms with Crippen molar-refractivity contribution in [2.45, 2.75) is 12.8 Å². The number of hydrogen-bond acceptors (Lipinski definition) is 2. The second-order valence-electron chi connectivity index (χ2n) is 4.28. The van der Waals surface area contributed by atoms with Crippen LogP contribution in [0.1, 0.15) is 11.1 Å². The first-order chi connectivity index (χ1) is 9.77. The highest BCUT2D eigenvalue weighted by Gasteiger charge is 2.33. The van der Waals surface area contributed by atoms with Crippen LogP contribution in [0, 0.1) is 5.82 Å². The van der Waals surface area contributed by atoms with Gasteiger partial charge in [-0.3, -0.25) is 0 Å². The second kappa shape index (κ2) is 5.93. The van der Waals surface area contributed by atoms with E-state index in [1.165, 1.54) is 24.3 Å². The molecule has 0 heterocycles. The summed E-state index contributed by atoms with van der Waals surface area (Å²) in [6, 6.07) is 7.16. The van der Waals surface area contributed by atoms with E-state index in [4.69, 9.17) is 10.5 Å². The Balaban J connectivity index is 2.26. The van der Waals surface area contributed by atoms with E-state index in [0.717, 1.165) is 12.1 Å². The summed E-state index contributed by atoms with van der Waals surface area (Å²) < 4.78 is 57.6. The van der Waals surface area contributed by atoms with Gasteiger partial charge in [0.1, 0.15) is 18.2 Å². The van der Waals surface area contributed by atoms with Crippen molar-refractivity contribution in [3.05, 3.63) is 57.8 Å². The fraction of sp³-hybridized carbons (Fsp3) is 0.143. The van der Waals surface area contributed by atoms with Crippen LogP contribution < -0.4 is 10.5 Å². The van der Waals surface area contributed by atoms with Crippen LogP contribution in [-0.2, 0) is 12.8 Å². The molecule has 0 bridgehead atoms. The number of halogens is 5. The lowest BCUT2D eigenvalue weighted by Crippen LogP contribution is -2.11. The van der Waals surface area contributed by atoms with Gasteiger partial charge >= 0.3 is 6.18 Å². The van der Waals surface area contributed by atoms with Gasteiger partial charge in [0.15, 0.2) is 0 Å². The zero-order valence-corrected chi connectivity index (χ0v) is 12.1. The average Bonchev–Trinajstić information content (AvgIpc) is 2.40. The summed E-state index contributed by atoms with van der Waals surface area (Å²) in [7, 11) is 0. The van der Waals surface area contributed by atoms with E-state index in [1.807, 2.05) is 0 Å². The van der Waals surface area contributed by atoms with E-state index < -0.39 is 17.6 Å². The molecular formula is C14H10BrF4NO. The summed E-state index contributed by atoms with van der Waals surface area (Å²) in [5.41, 5.74) is 4.45. The van der Waals surface area contributed by atoms with Gasteiger partial charge < -0.3 is 10.5 Å². The van der Waals surface area contributed by atoms with E-state index in [2.05, 4.69) is 15.9 Å². The molecular weight excluding hydrogens is 354 g/mol. The summed E-state index contributed by atoms with van der Waals surface area (Å²) in [4.78, 5) is 0. The van der Waals surface area contributed by atoms with E-state index >= 15 is 0 Å². The molecule has 0 spiro atoms. The quantitative estimate of drug-likeness (QED) is 0.629. The minimum atomic E-state index is -4.53. The first kappa shape index (κ1) is 15.6. The molecule has 0 saturated heterocycles. The molecule has 7 heteroatoms. The summed E-state index contributed by atoms with van der Waals surface area (Å²) >= 11 is 3.14. The predicted molar refractivity (Wildman–Crippen MR) is 74.3 cm³/mol. The molecule has 0 atom stereocenters. The Morgan fingerprint density at radius 3 is 2.48 bits per heavy atom. The first-order valence-electron chi connectivity index (χ1n) is 5.81. The Morgan fingerprint density at radius 1 is 1.10 bits per heavy atom. The predicted octanol–water partition coefficient (Wildman–Crippen LogP) is 4.77. The first-order valence-corrected chi connectivity index (χ1v) is 6.60. The van der Waals surface area contributed by atoms with Crippen LogP contribution in [0.25, 0.3) is 0 Å². The van der Waals surface area contributed by atoms with Gasteiger partial charge in [-0.15, -0.1) is 0 Å². The maximum atomic E-state index is 13.1. The van der Waals surface area contributed by atoms with Crippen LogP contribution in [0.5, 0.6) is 5.75 Å². The summed E-state index contributed by atoms with van der Waals surface area (Å²) in [5, 5.41) is 0. The van der Waals surface area contributed by atoms with E-state index in [9.17, 15) is 17.6 Å². The molecule has 0 unspecified atom stereocenters. The molecule has 0 fully saturated rings. The molecule has 0 aliphatic carbocycles. The Morgan fingerprint density at radius 2 is 1.81 bits per heavy atom. The summed E-state index contributed by atoms with van der Waals surface area (Å²) in [6.07, 6.45) is -4.53. The highest BCUT2D eigenvalue weighted by atomic mass is 79.9. The number of hydrogen-bond donors (Lipinski definition) is 1. The maximum absolute atomic E-state index is 13.1. The number of rotatable bonds is 3. The highest BCUT2D eigenvalue weighted by molar-refractivity contribution is 9.10. The average molecular weight is 364 g/mol. The van der Waals surface area contributed by atoms with Crippen LogP contribution in [0.4, 0.5) is 23.2 Å². The molecule has 0 saturated carbocycles. The molecule has 0 amide bonds. The summed E-state index contributed by atoms with van der Waals surface area (Å²) in [6.45, 7) is -0.350. The SMILES string of the molecule is Nc1ccc(COc2cc(F)ccc2Br)c(C(F)(F)F)c1. The molecule has 2 nitrogen and oxygen atoms in total. The standard InChI is InChI=1S/C14H10BrF4NO/c15-12-4-2-9(16)5-13(12)21-7-8-1-3-10(20)6-11(8)14(17,18)19/h1-6H,7,20H2. The van der Waals surface area contributed by atoms with E-state index in [0.29, 0.717) is 4.47 Å². The van der Waals surface area contributed by atoms with Crippen molar-refractivity contribution in [2.75, 3.05) is 5.73 Å². The van der Waals surface area contributed by atoms with Crippen LogP contribution in [0.3, 0.4) is 0 Å². The molecule has 112 valence electrons. The Kier molecular flexibility index (Phi) is 4.41. The van der Waals surface area contributed by atoms with Crippen molar-refractivity contribution in [1.82, 2.24) is 0 Å². The van der Waals surface area contributed by atoms with E-state index in [1.54, 1.807) is 0 Å². The van der Waals surface area contributed by atoms with Gasteiger partial charge in [0.25, 0.3) is 0 Å². The van der Waals surface area contributed by atoms with Crippen molar-refractivity contribution < 1.29 is 22.3 Å². The lowest BCUT2D eigenvalue weighted by Gasteiger charge is -2.15. The lowest BCUT2D eigenvalue weighted by molar-refractivity contribution is -0.138. The highest BCUT2D eigenvalue weighted by Crippen LogP contribution is 2.34. The molecule has 2 N–H and O–H groups in total. The number of ether oxygens (including phenoxy) is 1. The molecule has 2 rings (SSSR count). The number of nitrogens with two attached hydrogens (primary N) is 1. The largest absolute Gasteiger partial charge is 0.488 e. The Hall–Kier alpha value is -1.76. The molecule has 0 aliphatic rings. The number of alkyl halides is 3. The molecule has 0 aliphatic heterocycles. The number of anilines is 1. The van der Waals surface area contributed by atoms with Crippen molar-refractivity contribution in [3.8, 4) is 5.75 Å². The van der Waals surface area contributed by atoms with Gasteiger partial charge in [0.05, 0.1) is 10.0 Å². The van der Waals surface area contributed by atoms with Gasteiger partial charge in [0, 0.05) is 17.3 Å². The Bertz CT molecular complexity index is 658. The minimum absolute atomic E-state index is 0.0120. The van der Waals surface area contributed by atoms with Crippen molar-refractivity contribution in [2.24, 2.45) is 0 Å². The van der Waals surface area contributed by atoms with Gasteiger partial charge in [0.2, 0.25) is 0 Å². The zero-order chi connectivity index (χ0) is 15.6. The minimum Gasteiger partial charge on any atom is -0.488 e. The van der Waals surface area contributed by atoms with Gasteiger partial charge in [-0.05, 0) is 40.2 Å². The monoisotopic (exact) mass is 363 g/mol. The van der Waals surface area contributed by atoms with Crippen LogP contribution in [0.2, 0.25) is 0 Å². The fourth-order valence-corrected chi connectivity index (χ4v) is 2.09. The third-order valence-corrected chi connectivity index (χ3v) is 3.37. The van der Waals surface area contributed by atoms with Crippen LogP contribution in [-0.4, -0.2) is 0 Å². The van der Waals surface area contributed by atoms with Gasteiger partial charge in [-0.2, -0.15) is 13.2 Å². The topological polar surface area (TPSA) is 35.2 Å². The lowest BCUT2D eigenvalue weighted by atomic mass is 10.1. The molecule has 2 aromatic carbocycles. The van der Waals surface area contributed by atoms with Gasteiger partial charge in [-0.1, -0.05) is 6.07 Å². The molecule has 0 radical (unpaired) electrons.